The molecule has 2 aromatic heterocycles. The van der Waals surface area contributed by atoms with E-state index in [1.807, 2.05) is 18.2 Å². The molecular weight excluding hydrogens is 943 g/mol. The number of ether oxygens (including phenoxy) is 7. The summed E-state index contributed by atoms with van der Waals surface area (Å²) in [7, 11) is -2.41. The number of nitrogens with one attached hydrogen (secondary N) is 2. The van der Waals surface area contributed by atoms with E-state index in [4.69, 9.17) is 42.1 Å². The highest BCUT2D eigenvalue weighted by atomic mass is 32.2. The number of carbonyl (C=O) groups is 4. The van der Waals surface area contributed by atoms with Crippen LogP contribution in [0.3, 0.4) is 0 Å². The van der Waals surface area contributed by atoms with Crippen molar-refractivity contribution < 1.29 is 69.7 Å². The van der Waals surface area contributed by atoms with Gasteiger partial charge in [0, 0.05) is 42.9 Å². The fourth-order valence-electron chi connectivity index (χ4n) is 6.77. The van der Waals surface area contributed by atoms with Gasteiger partial charge in [0.05, 0.1) is 129 Å². The number of ketones is 2. The van der Waals surface area contributed by atoms with E-state index >= 15 is 0 Å². The minimum atomic E-state index is -4.08. The Kier molecular flexibility index (Phi) is 24.5. The Balaban J connectivity index is 0.830. The molecule has 20 nitrogen and oxygen atoms in total. The van der Waals surface area contributed by atoms with E-state index < -0.39 is 10.0 Å². The molecule has 0 saturated heterocycles. The van der Waals surface area contributed by atoms with Crippen LogP contribution in [0.15, 0.2) is 105 Å². The number of aromatic nitrogens is 2. The smallest absolute Gasteiger partial charge is 0.264 e. The van der Waals surface area contributed by atoms with Gasteiger partial charge < -0.3 is 52.3 Å². The summed E-state index contributed by atoms with van der Waals surface area (Å²) in [5.41, 5.74) is 3.97. The topological polar surface area (TPSA) is 246 Å². The molecule has 384 valence electrons. The monoisotopic (exact) mass is 1010 g/mol. The number of benzene rings is 3. The summed E-state index contributed by atoms with van der Waals surface area (Å²) >= 11 is 0. The lowest BCUT2D eigenvalue weighted by molar-refractivity contribution is -0.132. The van der Waals surface area contributed by atoms with Gasteiger partial charge in [0.2, 0.25) is 23.6 Å². The molecule has 21 heteroatoms. The minimum absolute atomic E-state index is 0.0156. The number of hydrogen-bond donors (Lipinski definition) is 2. The molecule has 0 radical (unpaired) electrons. The van der Waals surface area contributed by atoms with Gasteiger partial charge in [0.25, 0.3) is 10.0 Å². The maximum atomic E-state index is 13.5. The van der Waals surface area contributed by atoms with Crippen molar-refractivity contribution >= 4 is 45.0 Å². The van der Waals surface area contributed by atoms with E-state index in [1.54, 1.807) is 54.4 Å². The molecule has 2 N–H and O–H groups in total. The summed E-state index contributed by atoms with van der Waals surface area (Å²) in [6, 6.07) is 20.6. The van der Waals surface area contributed by atoms with Crippen LogP contribution < -0.4 is 10.0 Å². The molecule has 0 fully saturated rings. The standard InChI is InChI=1S/C50H63N5O15S/c1-38(56)35-43(57)13-9-39-7-11-42(12-8-39)53-47(58)16-20-62-23-25-64-27-29-66-31-33-68-34-32-67-30-28-65-26-24-63-21-17-49(59)55(2)37-41-36-40(50-51-19-22-69-50)10-14-44(41)45-5-3-4-6-46(45)71(60,61)54-48-15-18-52-70-48/h3-8,10-12,14-15,18-19,22,36,54H,9,13,16-17,20-21,23-35,37H2,1-2H3,(H,53,58). The van der Waals surface area contributed by atoms with E-state index in [1.165, 1.54) is 37.7 Å². The fraction of sp³-hybridized carbons (Fsp3) is 0.440. The quantitative estimate of drug-likeness (QED) is 0.0354. The highest BCUT2D eigenvalue weighted by molar-refractivity contribution is 7.92. The predicted octanol–water partition coefficient (Wildman–Crippen LogP) is 5.77. The van der Waals surface area contributed by atoms with E-state index in [0.717, 1.165) is 5.56 Å². The van der Waals surface area contributed by atoms with Crippen LogP contribution in [-0.2, 0) is 75.3 Å². The van der Waals surface area contributed by atoms with Gasteiger partial charge in [-0.1, -0.05) is 41.6 Å². The van der Waals surface area contributed by atoms with E-state index in [-0.39, 0.29) is 73.2 Å². The second-order valence-electron chi connectivity index (χ2n) is 15.9. The molecule has 0 bridgehead atoms. The van der Waals surface area contributed by atoms with Gasteiger partial charge >= 0.3 is 0 Å². The number of amides is 2. The maximum absolute atomic E-state index is 13.5. The Morgan fingerprint density at radius 3 is 1.82 bits per heavy atom. The molecule has 0 atom stereocenters. The first-order valence-electron chi connectivity index (χ1n) is 23.2. The average molecular weight is 1010 g/mol. The van der Waals surface area contributed by atoms with Crippen molar-refractivity contribution in [3.63, 3.8) is 0 Å². The number of hydrogen-bond acceptors (Lipinski definition) is 17. The van der Waals surface area contributed by atoms with Crippen molar-refractivity contribution in [1.29, 1.82) is 0 Å². The van der Waals surface area contributed by atoms with Crippen LogP contribution in [0, 0.1) is 0 Å². The van der Waals surface area contributed by atoms with E-state index in [0.29, 0.717) is 126 Å². The Morgan fingerprint density at radius 2 is 1.25 bits per heavy atom. The molecule has 0 aliphatic heterocycles. The molecule has 2 amide bonds. The SMILES string of the molecule is CC(=O)CC(=O)CCc1ccc(NC(=O)CCOCCOCCOCCOCCOCCOCCOCCC(=O)N(C)Cc2cc(-c3ncco3)ccc2-c2ccccc2S(=O)(=O)Nc2ccno2)cc1. The second-order valence-corrected chi connectivity index (χ2v) is 17.5. The summed E-state index contributed by atoms with van der Waals surface area (Å²) < 4.78 is 78.6. The third-order valence-corrected chi connectivity index (χ3v) is 11.7. The molecule has 0 spiro atoms. The van der Waals surface area contributed by atoms with Crippen molar-refractivity contribution in [2.45, 2.75) is 50.5 Å². The molecule has 0 unspecified atom stereocenters. The van der Waals surface area contributed by atoms with Crippen LogP contribution in [0.4, 0.5) is 11.6 Å². The molecule has 5 aromatic rings. The Hall–Kier alpha value is -6.17. The number of anilines is 2. The summed E-state index contributed by atoms with van der Waals surface area (Å²) in [6.07, 6.45) is 5.47. The number of carbonyl (C=O) groups excluding carboxylic acids is 4. The molecule has 3 aromatic carbocycles. The van der Waals surface area contributed by atoms with Gasteiger partial charge in [0.15, 0.2) is 0 Å². The van der Waals surface area contributed by atoms with Gasteiger partial charge in [-0.2, -0.15) is 0 Å². The van der Waals surface area contributed by atoms with Crippen LogP contribution in [0.2, 0.25) is 0 Å². The van der Waals surface area contributed by atoms with Crippen molar-refractivity contribution in [3.8, 4) is 22.6 Å². The largest absolute Gasteiger partial charge is 0.445 e. The summed E-state index contributed by atoms with van der Waals surface area (Å²) in [4.78, 5) is 54.0. The van der Waals surface area contributed by atoms with Crippen molar-refractivity contribution in [1.82, 2.24) is 15.0 Å². The number of rotatable bonds is 37. The third kappa shape index (κ3) is 21.0. The predicted molar refractivity (Wildman–Crippen MR) is 260 cm³/mol. The molecule has 2 heterocycles. The van der Waals surface area contributed by atoms with Gasteiger partial charge in [-0.3, -0.25) is 19.2 Å². The number of sulfonamides is 1. The number of aryl methyl sites for hydroxylation is 1. The van der Waals surface area contributed by atoms with Gasteiger partial charge in [-0.25, -0.2) is 18.1 Å². The van der Waals surface area contributed by atoms with E-state index in [9.17, 15) is 27.6 Å². The minimum Gasteiger partial charge on any atom is -0.445 e. The molecule has 5 rings (SSSR count). The summed E-state index contributed by atoms with van der Waals surface area (Å²) in [6.45, 7) is 6.57. The van der Waals surface area contributed by atoms with Crippen molar-refractivity contribution in [2.24, 2.45) is 0 Å². The van der Waals surface area contributed by atoms with Crippen LogP contribution in [-0.4, -0.2) is 146 Å². The fourth-order valence-corrected chi connectivity index (χ4v) is 7.98. The Bertz CT molecular complexity index is 2470. The van der Waals surface area contributed by atoms with Gasteiger partial charge in [-0.15, -0.1) is 0 Å². The first-order chi connectivity index (χ1) is 34.5. The lowest BCUT2D eigenvalue weighted by Crippen LogP contribution is -2.27. The van der Waals surface area contributed by atoms with Crippen LogP contribution in [0.1, 0.15) is 43.7 Å². The first kappa shape index (κ1) is 55.8. The van der Waals surface area contributed by atoms with E-state index in [2.05, 4.69) is 20.2 Å². The first-order valence-corrected chi connectivity index (χ1v) is 24.7. The third-order valence-electron chi connectivity index (χ3n) is 10.3. The number of Topliss-reactive ketones (excluding diaryl/α,β-unsaturated/α-hetero) is 2. The van der Waals surface area contributed by atoms with Gasteiger partial charge in [0.1, 0.15) is 17.8 Å². The zero-order valence-corrected chi connectivity index (χ0v) is 41.0. The second kappa shape index (κ2) is 31.2. The number of oxazole rings is 1. The molecule has 71 heavy (non-hydrogen) atoms. The lowest BCUT2D eigenvalue weighted by atomic mass is 9.97. The average Bonchev–Trinajstić information content (AvgIpc) is 4.09. The van der Waals surface area contributed by atoms with Crippen LogP contribution >= 0.6 is 0 Å². The van der Waals surface area contributed by atoms with Crippen molar-refractivity contribution in [2.75, 3.05) is 110 Å². The van der Waals surface area contributed by atoms with Crippen molar-refractivity contribution in [3.05, 3.63) is 103 Å². The highest BCUT2D eigenvalue weighted by Crippen LogP contribution is 2.34. The molecule has 0 aliphatic carbocycles. The summed E-state index contributed by atoms with van der Waals surface area (Å²) in [5, 5.41) is 6.39. The number of nitrogens with zero attached hydrogens (tertiary/aromatic N) is 3. The zero-order chi connectivity index (χ0) is 50.5. The Morgan fingerprint density at radius 1 is 0.662 bits per heavy atom. The molecule has 0 saturated carbocycles. The zero-order valence-electron chi connectivity index (χ0n) is 40.2. The summed E-state index contributed by atoms with van der Waals surface area (Å²) in [5.74, 6) is -0.196. The lowest BCUT2D eigenvalue weighted by Gasteiger charge is -2.21. The van der Waals surface area contributed by atoms with Gasteiger partial charge in [-0.05, 0) is 60.4 Å². The maximum Gasteiger partial charge on any atom is 0.264 e. The molecular formula is C50H63N5O15S. The Labute approximate surface area is 413 Å². The van der Waals surface area contributed by atoms with Crippen LogP contribution in [0.5, 0.6) is 0 Å². The highest BCUT2D eigenvalue weighted by Gasteiger charge is 2.23. The normalized spacial score (nSPS) is 11.4. The van der Waals surface area contributed by atoms with Crippen LogP contribution in [0.25, 0.3) is 22.6 Å². The molecule has 0 aliphatic rings.